The van der Waals surface area contributed by atoms with Crippen LogP contribution in [0.3, 0.4) is 0 Å². The summed E-state index contributed by atoms with van der Waals surface area (Å²) in [6, 6.07) is 14.4. The van der Waals surface area contributed by atoms with Gasteiger partial charge in [0.15, 0.2) is 0 Å². The maximum Gasteiger partial charge on any atom is 0.253 e. The zero-order valence-corrected chi connectivity index (χ0v) is 16.3. The maximum absolute atomic E-state index is 12.3. The third kappa shape index (κ3) is 6.44. The number of unbranched alkanes of at least 4 members (excludes halogenated alkanes) is 2. The van der Waals surface area contributed by atoms with Crippen molar-refractivity contribution < 1.29 is 14.3 Å². The zero-order chi connectivity index (χ0) is 19.6. The highest BCUT2D eigenvalue weighted by Crippen LogP contribution is 2.13. The van der Waals surface area contributed by atoms with Crippen LogP contribution in [0, 0.1) is 0 Å². The molecule has 27 heavy (non-hydrogen) atoms. The van der Waals surface area contributed by atoms with E-state index in [0.717, 1.165) is 30.6 Å². The molecule has 2 amide bonds. The first-order chi connectivity index (χ1) is 13.0. The lowest BCUT2D eigenvalue weighted by Gasteiger charge is -2.11. The minimum atomic E-state index is -0.138. The van der Waals surface area contributed by atoms with Gasteiger partial charge in [-0.15, -0.1) is 0 Å². The van der Waals surface area contributed by atoms with Crippen molar-refractivity contribution in [3.63, 3.8) is 0 Å². The largest absolute Gasteiger partial charge is 0.494 e. The molecule has 0 fully saturated rings. The third-order valence-corrected chi connectivity index (χ3v) is 4.19. The van der Waals surface area contributed by atoms with Gasteiger partial charge >= 0.3 is 0 Å². The van der Waals surface area contributed by atoms with Crippen LogP contribution < -0.4 is 10.1 Å². The van der Waals surface area contributed by atoms with Gasteiger partial charge in [-0.3, -0.25) is 9.59 Å². The molecule has 0 atom stereocenters. The highest BCUT2D eigenvalue weighted by molar-refractivity contribution is 5.94. The summed E-state index contributed by atoms with van der Waals surface area (Å²) in [6.07, 6.45) is 3.36. The number of rotatable bonds is 9. The molecular weight excluding hydrogens is 340 g/mol. The van der Waals surface area contributed by atoms with Crippen molar-refractivity contribution in [2.24, 2.45) is 0 Å². The second-order valence-corrected chi connectivity index (χ2v) is 6.66. The average Bonchev–Trinajstić information content (AvgIpc) is 2.69. The lowest BCUT2D eigenvalue weighted by atomic mass is 10.1. The van der Waals surface area contributed by atoms with Crippen molar-refractivity contribution >= 4 is 11.8 Å². The van der Waals surface area contributed by atoms with Crippen LogP contribution in [0.25, 0.3) is 0 Å². The smallest absolute Gasteiger partial charge is 0.253 e. The van der Waals surface area contributed by atoms with Crippen LogP contribution in [-0.2, 0) is 6.54 Å². The molecule has 0 saturated heterocycles. The highest BCUT2D eigenvalue weighted by atomic mass is 16.5. The van der Waals surface area contributed by atoms with Crippen LogP contribution in [0.5, 0.6) is 5.75 Å². The van der Waals surface area contributed by atoms with Crippen molar-refractivity contribution in [1.82, 2.24) is 10.2 Å². The average molecular weight is 368 g/mol. The quantitative estimate of drug-likeness (QED) is 0.683. The minimum Gasteiger partial charge on any atom is -0.494 e. The Balaban J connectivity index is 1.83. The summed E-state index contributed by atoms with van der Waals surface area (Å²) < 4.78 is 5.66. The van der Waals surface area contributed by atoms with Gasteiger partial charge in [-0.2, -0.15) is 0 Å². The summed E-state index contributed by atoms with van der Waals surface area (Å²) in [6.45, 7) is 3.27. The van der Waals surface area contributed by atoms with Gasteiger partial charge in [0.2, 0.25) is 0 Å². The van der Waals surface area contributed by atoms with Crippen LogP contribution in [0.15, 0.2) is 48.5 Å². The molecule has 0 aliphatic carbocycles. The molecule has 0 radical (unpaired) electrons. The molecule has 0 aromatic heterocycles. The fourth-order valence-electron chi connectivity index (χ4n) is 2.55. The Bertz CT molecular complexity index is 737. The molecule has 5 nitrogen and oxygen atoms in total. The lowest BCUT2D eigenvalue weighted by molar-refractivity contribution is 0.0827. The molecule has 2 aromatic carbocycles. The minimum absolute atomic E-state index is 0.0393. The summed E-state index contributed by atoms with van der Waals surface area (Å²) in [5.74, 6) is 0.604. The lowest BCUT2D eigenvalue weighted by Crippen LogP contribution is -2.23. The second-order valence-electron chi connectivity index (χ2n) is 6.66. The molecule has 0 aliphatic heterocycles. The van der Waals surface area contributed by atoms with E-state index in [1.54, 1.807) is 38.4 Å². The zero-order valence-electron chi connectivity index (χ0n) is 16.3. The van der Waals surface area contributed by atoms with E-state index in [-0.39, 0.29) is 11.8 Å². The molecule has 0 saturated carbocycles. The standard InChI is InChI=1S/C22H28N2O3/c1-4-5-6-15-27-20-13-11-18(12-14-20)21(25)23-16-17-7-9-19(10-8-17)22(26)24(2)3/h7-14H,4-6,15-16H2,1-3H3,(H,23,25). The van der Waals surface area contributed by atoms with Gasteiger partial charge in [-0.25, -0.2) is 0 Å². The third-order valence-electron chi connectivity index (χ3n) is 4.19. The number of nitrogens with zero attached hydrogens (tertiary/aromatic N) is 1. The Kier molecular flexibility index (Phi) is 7.86. The number of hydrogen-bond donors (Lipinski definition) is 1. The Morgan fingerprint density at radius 3 is 2.15 bits per heavy atom. The molecule has 144 valence electrons. The summed E-state index contributed by atoms with van der Waals surface area (Å²) in [7, 11) is 3.44. The fraction of sp³-hybridized carbons (Fsp3) is 0.364. The second kappa shape index (κ2) is 10.4. The predicted octanol–water partition coefficient (Wildman–Crippen LogP) is 3.89. The van der Waals surface area contributed by atoms with E-state index < -0.39 is 0 Å². The molecule has 1 N–H and O–H groups in total. The normalized spacial score (nSPS) is 10.3. The van der Waals surface area contributed by atoms with Gasteiger partial charge in [0, 0.05) is 31.8 Å². The van der Waals surface area contributed by atoms with Gasteiger partial charge in [0.05, 0.1) is 6.61 Å². The van der Waals surface area contributed by atoms with Gasteiger partial charge in [0.25, 0.3) is 11.8 Å². The fourth-order valence-corrected chi connectivity index (χ4v) is 2.55. The summed E-state index contributed by atoms with van der Waals surface area (Å²) in [5.41, 5.74) is 2.16. The number of benzene rings is 2. The van der Waals surface area contributed by atoms with Crippen LogP contribution in [-0.4, -0.2) is 37.4 Å². The van der Waals surface area contributed by atoms with Crippen LogP contribution in [0.1, 0.15) is 52.5 Å². The summed E-state index contributed by atoms with van der Waals surface area (Å²) in [5, 5.41) is 2.89. The summed E-state index contributed by atoms with van der Waals surface area (Å²) in [4.78, 5) is 25.7. The van der Waals surface area contributed by atoms with Crippen LogP contribution in [0.4, 0.5) is 0 Å². The van der Waals surface area contributed by atoms with Crippen molar-refractivity contribution in [3.8, 4) is 5.75 Å². The van der Waals surface area contributed by atoms with E-state index in [1.807, 2.05) is 24.3 Å². The number of ether oxygens (including phenoxy) is 1. The first-order valence-electron chi connectivity index (χ1n) is 9.33. The predicted molar refractivity (Wildman–Crippen MR) is 107 cm³/mol. The number of hydrogen-bond acceptors (Lipinski definition) is 3. The molecule has 0 spiro atoms. The van der Waals surface area contributed by atoms with Crippen molar-refractivity contribution in [2.45, 2.75) is 32.7 Å². The Labute approximate surface area is 161 Å². The highest BCUT2D eigenvalue weighted by Gasteiger charge is 2.08. The van der Waals surface area contributed by atoms with Gasteiger partial charge in [-0.05, 0) is 48.4 Å². The first kappa shape index (κ1) is 20.5. The summed E-state index contributed by atoms with van der Waals surface area (Å²) >= 11 is 0. The molecule has 5 heteroatoms. The van der Waals surface area contributed by atoms with Crippen LogP contribution in [0.2, 0.25) is 0 Å². The van der Waals surface area contributed by atoms with E-state index in [4.69, 9.17) is 4.74 Å². The Morgan fingerprint density at radius 1 is 0.926 bits per heavy atom. The maximum atomic E-state index is 12.3. The molecule has 0 aliphatic rings. The Morgan fingerprint density at radius 2 is 1.56 bits per heavy atom. The number of carbonyl (C=O) groups excluding carboxylic acids is 2. The Hall–Kier alpha value is -2.82. The number of amides is 2. The van der Waals surface area contributed by atoms with Crippen molar-refractivity contribution in [1.29, 1.82) is 0 Å². The van der Waals surface area contributed by atoms with E-state index in [9.17, 15) is 9.59 Å². The topological polar surface area (TPSA) is 58.6 Å². The van der Waals surface area contributed by atoms with Crippen molar-refractivity contribution in [3.05, 3.63) is 65.2 Å². The van der Waals surface area contributed by atoms with E-state index >= 15 is 0 Å². The van der Waals surface area contributed by atoms with Crippen molar-refractivity contribution in [2.75, 3.05) is 20.7 Å². The molecule has 0 unspecified atom stereocenters. The first-order valence-corrected chi connectivity index (χ1v) is 9.33. The van der Waals surface area contributed by atoms with E-state index in [0.29, 0.717) is 24.3 Å². The molecule has 2 aromatic rings. The molecule has 0 heterocycles. The van der Waals surface area contributed by atoms with Crippen LogP contribution >= 0.6 is 0 Å². The van der Waals surface area contributed by atoms with Gasteiger partial charge in [-0.1, -0.05) is 31.9 Å². The van der Waals surface area contributed by atoms with Gasteiger partial charge < -0.3 is 15.0 Å². The van der Waals surface area contributed by atoms with E-state index in [2.05, 4.69) is 12.2 Å². The number of nitrogens with one attached hydrogen (secondary N) is 1. The molecule has 2 rings (SSSR count). The molecular formula is C22H28N2O3. The SMILES string of the molecule is CCCCCOc1ccc(C(=O)NCc2ccc(C(=O)N(C)C)cc2)cc1. The monoisotopic (exact) mass is 368 g/mol. The number of carbonyl (C=O) groups is 2. The molecule has 0 bridgehead atoms. The van der Waals surface area contributed by atoms with E-state index in [1.165, 1.54) is 4.90 Å². The van der Waals surface area contributed by atoms with Gasteiger partial charge in [0.1, 0.15) is 5.75 Å².